The lowest BCUT2D eigenvalue weighted by molar-refractivity contribution is -0.114. The van der Waals surface area contributed by atoms with Gasteiger partial charge in [0.2, 0.25) is 5.91 Å². The van der Waals surface area contributed by atoms with Crippen molar-refractivity contribution >= 4 is 11.5 Å². The maximum absolute atomic E-state index is 12.0. The van der Waals surface area contributed by atoms with Gasteiger partial charge < -0.3 is 20.7 Å². The first-order chi connectivity index (χ1) is 11.5. The number of phenols is 2. The number of methoxy groups -OCH3 is 1. The molecule has 2 rings (SSSR count). The van der Waals surface area contributed by atoms with Crippen molar-refractivity contribution < 1.29 is 19.7 Å². The van der Waals surface area contributed by atoms with Crippen LogP contribution in [0.3, 0.4) is 0 Å². The minimum atomic E-state index is -0.498. The van der Waals surface area contributed by atoms with E-state index in [9.17, 15) is 15.0 Å². The molecule has 0 radical (unpaired) electrons. The number of rotatable bonds is 7. The minimum absolute atomic E-state index is 0.142. The Labute approximate surface area is 141 Å². The molecule has 0 saturated carbocycles. The Bertz CT molecular complexity index is 671. The molecular weight excluding hydrogens is 306 g/mol. The van der Waals surface area contributed by atoms with Gasteiger partial charge in [-0.1, -0.05) is 24.3 Å². The molecule has 0 saturated heterocycles. The van der Waals surface area contributed by atoms with E-state index in [1.165, 1.54) is 0 Å². The lowest BCUT2D eigenvalue weighted by Gasteiger charge is -2.15. The fraction of sp³-hybridized carbons (Fsp3) is 0.211. The number of nitrogens with two attached hydrogens (primary N) is 1. The fourth-order valence-electron chi connectivity index (χ4n) is 2.54. The first kappa shape index (κ1) is 17.6. The highest BCUT2D eigenvalue weighted by Crippen LogP contribution is 2.31. The summed E-state index contributed by atoms with van der Waals surface area (Å²) in [5.41, 5.74) is 8.34. The molecule has 0 spiro atoms. The number of carbonyl (C=O) groups excluding carboxylic acids is 1. The van der Waals surface area contributed by atoms with E-state index in [4.69, 9.17) is 10.5 Å². The van der Waals surface area contributed by atoms with Crippen LogP contribution in [0.15, 0.2) is 54.1 Å². The highest BCUT2D eigenvalue weighted by Gasteiger charge is 2.16. The van der Waals surface area contributed by atoms with Crippen LogP contribution in [-0.2, 0) is 9.53 Å². The van der Waals surface area contributed by atoms with Gasteiger partial charge >= 0.3 is 0 Å². The molecule has 0 aliphatic rings. The van der Waals surface area contributed by atoms with E-state index in [0.717, 1.165) is 11.1 Å². The zero-order valence-corrected chi connectivity index (χ0v) is 13.5. The summed E-state index contributed by atoms with van der Waals surface area (Å²) in [5, 5.41) is 19.0. The molecule has 0 bridgehead atoms. The van der Waals surface area contributed by atoms with E-state index in [-0.39, 0.29) is 11.5 Å². The fourth-order valence-corrected chi connectivity index (χ4v) is 2.54. The van der Waals surface area contributed by atoms with Gasteiger partial charge in [0.05, 0.1) is 0 Å². The average Bonchev–Trinajstić information content (AvgIpc) is 2.56. The van der Waals surface area contributed by atoms with Crippen molar-refractivity contribution in [1.82, 2.24) is 0 Å². The van der Waals surface area contributed by atoms with Crippen LogP contribution < -0.4 is 5.73 Å². The largest absolute Gasteiger partial charge is 0.508 e. The van der Waals surface area contributed by atoms with Crippen molar-refractivity contribution in [3.63, 3.8) is 0 Å². The van der Waals surface area contributed by atoms with Crippen LogP contribution >= 0.6 is 0 Å². The third-order valence-corrected chi connectivity index (χ3v) is 3.69. The Morgan fingerprint density at radius 1 is 0.958 bits per heavy atom. The number of ether oxygens (including phenoxy) is 1. The average molecular weight is 327 g/mol. The van der Waals surface area contributed by atoms with Gasteiger partial charge in [-0.25, -0.2) is 0 Å². The van der Waals surface area contributed by atoms with Crippen molar-refractivity contribution in [1.29, 1.82) is 0 Å². The lowest BCUT2D eigenvalue weighted by atomic mass is 9.90. The summed E-state index contributed by atoms with van der Waals surface area (Å²) in [4.78, 5) is 12.0. The molecule has 0 atom stereocenters. The molecule has 4 N–H and O–H groups in total. The molecular formula is C19H21NO4. The van der Waals surface area contributed by atoms with Crippen molar-refractivity contribution in [2.45, 2.75) is 12.8 Å². The Kier molecular flexibility index (Phi) is 5.98. The van der Waals surface area contributed by atoms with E-state index >= 15 is 0 Å². The Morgan fingerprint density at radius 3 is 1.79 bits per heavy atom. The van der Waals surface area contributed by atoms with E-state index in [2.05, 4.69) is 0 Å². The van der Waals surface area contributed by atoms with E-state index < -0.39 is 5.91 Å². The number of benzene rings is 2. The Hall–Kier alpha value is -2.79. The maximum Gasteiger partial charge on any atom is 0.245 e. The predicted molar refractivity (Wildman–Crippen MR) is 92.5 cm³/mol. The van der Waals surface area contributed by atoms with Crippen LogP contribution in [0, 0.1) is 0 Å². The smallest absolute Gasteiger partial charge is 0.245 e. The van der Waals surface area contributed by atoms with Gasteiger partial charge in [-0.3, -0.25) is 4.79 Å². The molecule has 5 nitrogen and oxygen atoms in total. The number of aromatic hydroxyl groups is 2. The maximum atomic E-state index is 12.0. The van der Waals surface area contributed by atoms with Gasteiger partial charge in [-0.05, 0) is 53.8 Å². The van der Waals surface area contributed by atoms with Crippen LogP contribution in [0.25, 0.3) is 5.57 Å². The summed E-state index contributed by atoms with van der Waals surface area (Å²) in [5.74, 6) is -0.213. The van der Waals surface area contributed by atoms with Gasteiger partial charge in [0.1, 0.15) is 11.5 Å². The first-order valence-corrected chi connectivity index (χ1v) is 7.63. The van der Waals surface area contributed by atoms with Crippen molar-refractivity contribution in [3.8, 4) is 11.5 Å². The lowest BCUT2D eigenvalue weighted by Crippen LogP contribution is -2.17. The van der Waals surface area contributed by atoms with E-state index in [1.807, 2.05) is 0 Å². The molecule has 0 aliphatic carbocycles. The summed E-state index contributed by atoms with van der Waals surface area (Å²) >= 11 is 0. The SMILES string of the molecule is COCCCC(C(N)=O)=C(c1ccc(O)cc1)c1ccc(O)cc1. The van der Waals surface area contributed by atoms with Gasteiger partial charge in [0.25, 0.3) is 0 Å². The van der Waals surface area contributed by atoms with Crippen molar-refractivity contribution in [2.24, 2.45) is 5.73 Å². The number of phenolic OH excluding ortho intramolecular Hbond substituents is 2. The van der Waals surface area contributed by atoms with E-state index in [0.29, 0.717) is 30.6 Å². The Morgan fingerprint density at radius 2 is 1.42 bits per heavy atom. The summed E-state index contributed by atoms with van der Waals surface area (Å²) in [7, 11) is 1.61. The molecule has 0 aromatic heterocycles. The summed E-state index contributed by atoms with van der Waals surface area (Å²) in [6.07, 6.45) is 1.13. The van der Waals surface area contributed by atoms with Gasteiger partial charge in [0.15, 0.2) is 0 Å². The second-order valence-corrected chi connectivity index (χ2v) is 5.41. The van der Waals surface area contributed by atoms with Crippen LogP contribution in [0.4, 0.5) is 0 Å². The molecule has 0 unspecified atom stereocenters. The number of hydrogen-bond acceptors (Lipinski definition) is 4. The third kappa shape index (κ3) is 4.36. The van der Waals surface area contributed by atoms with Crippen LogP contribution in [0.5, 0.6) is 11.5 Å². The standard InChI is InChI=1S/C19H21NO4/c1-24-12-2-3-17(19(20)23)18(13-4-8-15(21)9-5-13)14-6-10-16(22)11-7-14/h4-11,21-22H,2-3,12H2,1H3,(H2,20,23). The number of amides is 1. The zero-order chi connectivity index (χ0) is 17.5. The quantitative estimate of drug-likeness (QED) is 0.538. The first-order valence-electron chi connectivity index (χ1n) is 7.63. The second-order valence-electron chi connectivity index (χ2n) is 5.41. The molecule has 5 heteroatoms. The minimum Gasteiger partial charge on any atom is -0.508 e. The summed E-state index contributed by atoms with van der Waals surface area (Å²) in [6.45, 7) is 0.523. The highest BCUT2D eigenvalue weighted by molar-refractivity contribution is 6.03. The Balaban J connectivity index is 2.58. The van der Waals surface area contributed by atoms with Crippen LogP contribution in [0.2, 0.25) is 0 Å². The molecule has 0 aliphatic heterocycles. The van der Waals surface area contributed by atoms with Crippen LogP contribution in [-0.4, -0.2) is 29.8 Å². The number of hydrogen-bond donors (Lipinski definition) is 3. The summed E-state index contributed by atoms with van der Waals surface area (Å²) in [6, 6.07) is 13.2. The molecule has 24 heavy (non-hydrogen) atoms. The van der Waals surface area contributed by atoms with Gasteiger partial charge in [-0.15, -0.1) is 0 Å². The predicted octanol–water partition coefficient (Wildman–Crippen LogP) is 2.81. The number of primary amides is 1. The van der Waals surface area contributed by atoms with Crippen molar-refractivity contribution in [3.05, 3.63) is 65.2 Å². The molecule has 1 amide bonds. The van der Waals surface area contributed by atoms with Gasteiger partial charge in [0, 0.05) is 19.3 Å². The molecule has 0 fully saturated rings. The van der Waals surface area contributed by atoms with E-state index in [1.54, 1.807) is 55.6 Å². The summed E-state index contributed by atoms with van der Waals surface area (Å²) < 4.78 is 5.05. The second kappa shape index (κ2) is 8.17. The monoisotopic (exact) mass is 327 g/mol. The highest BCUT2D eigenvalue weighted by atomic mass is 16.5. The molecule has 0 heterocycles. The van der Waals surface area contributed by atoms with Crippen molar-refractivity contribution in [2.75, 3.05) is 13.7 Å². The van der Waals surface area contributed by atoms with Gasteiger partial charge in [-0.2, -0.15) is 0 Å². The van der Waals surface area contributed by atoms with Crippen LogP contribution in [0.1, 0.15) is 24.0 Å². The molecule has 126 valence electrons. The topological polar surface area (TPSA) is 92.8 Å². The zero-order valence-electron chi connectivity index (χ0n) is 13.5. The normalized spacial score (nSPS) is 10.4. The molecule has 2 aromatic carbocycles. The molecule has 2 aromatic rings. The third-order valence-electron chi connectivity index (χ3n) is 3.69. The number of carbonyl (C=O) groups is 1.